The highest BCUT2D eigenvalue weighted by Gasteiger charge is 2.16. The van der Waals surface area contributed by atoms with Crippen molar-refractivity contribution >= 4 is 22.9 Å². The number of unbranched alkanes of at least 4 members (excludes halogenated alkanes) is 1. The Bertz CT molecular complexity index is 995. The summed E-state index contributed by atoms with van der Waals surface area (Å²) >= 11 is 0. The number of ether oxygens (including phenoxy) is 1. The van der Waals surface area contributed by atoms with E-state index in [4.69, 9.17) is 10.5 Å². The van der Waals surface area contributed by atoms with Crippen LogP contribution in [0.1, 0.15) is 43.7 Å². The molecule has 0 bridgehead atoms. The summed E-state index contributed by atoms with van der Waals surface area (Å²) in [7, 11) is 1.73. The van der Waals surface area contributed by atoms with E-state index in [1.165, 1.54) is 31.5 Å². The van der Waals surface area contributed by atoms with Gasteiger partial charge in [0.15, 0.2) is 11.5 Å². The van der Waals surface area contributed by atoms with E-state index in [0.29, 0.717) is 12.2 Å². The molecule has 3 heterocycles. The van der Waals surface area contributed by atoms with Crippen molar-refractivity contribution in [2.24, 2.45) is 0 Å². The topological polar surface area (TPSA) is 94.1 Å². The minimum atomic E-state index is 0.232. The van der Waals surface area contributed by atoms with Gasteiger partial charge in [-0.15, -0.1) is 0 Å². The van der Waals surface area contributed by atoms with Crippen molar-refractivity contribution in [3.8, 4) is 5.75 Å². The standard InChI is InChI=1S/C22H31N7O/c1-3-4-9-24-20-19-21(27-22(23)26-20)25-15-29(19)14-17-8-7-16(12-18(17)30-2)13-28-10-5-6-11-28/h7-8,12,15H,3-6,9-11,13-14H2,1-2H3,(H3,23,24,26,27). The van der Waals surface area contributed by atoms with Gasteiger partial charge in [0.25, 0.3) is 0 Å². The summed E-state index contributed by atoms with van der Waals surface area (Å²) in [4.78, 5) is 15.7. The molecule has 0 spiro atoms. The molecule has 1 aliphatic heterocycles. The molecule has 30 heavy (non-hydrogen) atoms. The second-order valence-corrected chi connectivity index (χ2v) is 7.88. The van der Waals surface area contributed by atoms with Gasteiger partial charge in [-0.3, -0.25) is 4.90 Å². The van der Waals surface area contributed by atoms with Gasteiger partial charge in [-0.2, -0.15) is 9.97 Å². The SMILES string of the molecule is CCCCNc1nc(N)nc2ncn(Cc3ccc(CN4CCCC4)cc3OC)c12. The molecule has 8 heteroatoms. The van der Waals surface area contributed by atoms with Crippen molar-refractivity contribution in [3.05, 3.63) is 35.7 Å². The van der Waals surface area contributed by atoms with Crippen LogP contribution in [0.25, 0.3) is 11.2 Å². The number of nitrogens with one attached hydrogen (secondary N) is 1. The first-order valence-corrected chi connectivity index (χ1v) is 10.8. The summed E-state index contributed by atoms with van der Waals surface area (Å²) in [6.45, 7) is 6.96. The number of benzene rings is 1. The molecule has 1 aliphatic rings. The zero-order valence-corrected chi connectivity index (χ0v) is 17.9. The van der Waals surface area contributed by atoms with E-state index < -0.39 is 0 Å². The van der Waals surface area contributed by atoms with Crippen molar-refractivity contribution in [2.75, 3.05) is 37.8 Å². The molecule has 1 aromatic carbocycles. The first kappa shape index (κ1) is 20.4. The van der Waals surface area contributed by atoms with Crippen molar-refractivity contribution in [2.45, 2.75) is 45.7 Å². The van der Waals surface area contributed by atoms with Crippen LogP contribution in [0.3, 0.4) is 0 Å². The fourth-order valence-corrected chi connectivity index (χ4v) is 4.02. The monoisotopic (exact) mass is 409 g/mol. The predicted octanol–water partition coefficient (Wildman–Crippen LogP) is 3.27. The Morgan fingerprint density at radius 1 is 1.17 bits per heavy atom. The van der Waals surface area contributed by atoms with Crippen LogP contribution < -0.4 is 15.8 Å². The Labute approximate surface area is 177 Å². The summed E-state index contributed by atoms with van der Waals surface area (Å²) in [5.74, 6) is 1.86. The van der Waals surface area contributed by atoms with Gasteiger partial charge in [0.2, 0.25) is 5.95 Å². The Morgan fingerprint density at radius 3 is 2.77 bits per heavy atom. The van der Waals surface area contributed by atoms with Crippen LogP contribution in [0.2, 0.25) is 0 Å². The molecule has 0 unspecified atom stereocenters. The summed E-state index contributed by atoms with van der Waals surface area (Å²) in [5.41, 5.74) is 9.73. The lowest BCUT2D eigenvalue weighted by Crippen LogP contribution is -2.18. The van der Waals surface area contributed by atoms with Crippen LogP contribution in [0.4, 0.5) is 11.8 Å². The first-order valence-electron chi connectivity index (χ1n) is 10.8. The number of aromatic nitrogens is 4. The van der Waals surface area contributed by atoms with Crippen molar-refractivity contribution in [1.82, 2.24) is 24.4 Å². The molecule has 1 fully saturated rings. The average Bonchev–Trinajstić information content (AvgIpc) is 3.39. The molecule has 8 nitrogen and oxygen atoms in total. The molecule has 2 aromatic heterocycles. The Kier molecular flexibility index (Phi) is 6.32. The van der Waals surface area contributed by atoms with Crippen LogP contribution in [0.5, 0.6) is 5.75 Å². The highest BCUT2D eigenvalue weighted by Crippen LogP contribution is 2.26. The second kappa shape index (κ2) is 9.30. The van der Waals surface area contributed by atoms with Crippen LogP contribution >= 0.6 is 0 Å². The molecule has 0 amide bonds. The van der Waals surface area contributed by atoms with Gasteiger partial charge >= 0.3 is 0 Å². The number of likely N-dealkylation sites (tertiary alicyclic amines) is 1. The highest BCUT2D eigenvalue weighted by atomic mass is 16.5. The molecular weight excluding hydrogens is 378 g/mol. The second-order valence-electron chi connectivity index (χ2n) is 7.88. The summed E-state index contributed by atoms with van der Waals surface area (Å²) in [5, 5.41) is 3.39. The third-order valence-corrected chi connectivity index (χ3v) is 5.61. The third-order valence-electron chi connectivity index (χ3n) is 5.61. The average molecular weight is 410 g/mol. The Balaban J connectivity index is 1.60. The number of rotatable bonds is 9. The normalized spacial score (nSPS) is 14.5. The molecule has 3 aromatic rings. The number of nitrogens with zero attached hydrogens (tertiary/aromatic N) is 5. The lowest BCUT2D eigenvalue weighted by atomic mass is 10.1. The molecule has 0 atom stereocenters. The number of anilines is 2. The molecule has 0 radical (unpaired) electrons. The molecule has 160 valence electrons. The maximum absolute atomic E-state index is 5.88. The van der Waals surface area contributed by atoms with Crippen LogP contribution in [0.15, 0.2) is 24.5 Å². The van der Waals surface area contributed by atoms with Crippen molar-refractivity contribution < 1.29 is 4.74 Å². The number of hydrogen-bond acceptors (Lipinski definition) is 7. The van der Waals surface area contributed by atoms with E-state index in [2.05, 4.69) is 54.9 Å². The van der Waals surface area contributed by atoms with Gasteiger partial charge in [0.05, 0.1) is 20.0 Å². The molecule has 3 N–H and O–H groups in total. The smallest absolute Gasteiger partial charge is 0.224 e. The minimum absolute atomic E-state index is 0.232. The summed E-state index contributed by atoms with van der Waals surface area (Å²) < 4.78 is 7.78. The number of nitrogens with two attached hydrogens (primary N) is 1. The van der Waals surface area contributed by atoms with Gasteiger partial charge in [-0.25, -0.2) is 4.98 Å². The zero-order chi connectivity index (χ0) is 20.9. The highest BCUT2D eigenvalue weighted by molar-refractivity contribution is 5.84. The number of hydrogen-bond donors (Lipinski definition) is 2. The maximum Gasteiger partial charge on any atom is 0.224 e. The maximum atomic E-state index is 5.88. The van der Waals surface area contributed by atoms with Gasteiger partial charge < -0.3 is 20.4 Å². The first-order chi connectivity index (χ1) is 14.7. The predicted molar refractivity (Wildman–Crippen MR) is 120 cm³/mol. The molecule has 0 aliphatic carbocycles. The van der Waals surface area contributed by atoms with Gasteiger partial charge in [0, 0.05) is 18.7 Å². The van der Waals surface area contributed by atoms with E-state index in [1.54, 1.807) is 13.4 Å². The molecule has 4 rings (SSSR count). The van der Waals surface area contributed by atoms with E-state index >= 15 is 0 Å². The van der Waals surface area contributed by atoms with Crippen LogP contribution in [-0.2, 0) is 13.1 Å². The number of fused-ring (bicyclic) bond motifs is 1. The van der Waals surface area contributed by atoms with E-state index in [-0.39, 0.29) is 5.95 Å². The molecular formula is C22H31N7O. The Morgan fingerprint density at radius 2 is 2.00 bits per heavy atom. The quantitative estimate of drug-likeness (QED) is 0.524. The number of nitrogen functional groups attached to an aromatic ring is 1. The zero-order valence-electron chi connectivity index (χ0n) is 17.9. The Hall–Kier alpha value is -2.87. The largest absolute Gasteiger partial charge is 0.496 e. The minimum Gasteiger partial charge on any atom is -0.496 e. The molecule has 1 saturated heterocycles. The lowest BCUT2D eigenvalue weighted by molar-refractivity contribution is 0.330. The van der Waals surface area contributed by atoms with Crippen molar-refractivity contribution in [3.63, 3.8) is 0 Å². The number of methoxy groups -OCH3 is 1. The fraction of sp³-hybridized carbons (Fsp3) is 0.500. The van der Waals surface area contributed by atoms with Gasteiger partial charge in [-0.05, 0) is 44.0 Å². The lowest BCUT2D eigenvalue weighted by Gasteiger charge is -2.17. The third kappa shape index (κ3) is 4.48. The van der Waals surface area contributed by atoms with E-state index in [9.17, 15) is 0 Å². The van der Waals surface area contributed by atoms with Crippen molar-refractivity contribution in [1.29, 1.82) is 0 Å². The van der Waals surface area contributed by atoms with Gasteiger partial charge in [0.1, 0.15) is 11.3 Å². The van der Waals surface area contributed by atoms with E-state index in [0.717, 1.165) is 48.6 Å². The summed E-state index contributed by atoms with van der Waals surface area (Å²) in [6.07, 6.45) is 6.55. The number of imidazole rings is 1. The molecule has 0 saturated carbocycles. The van der Waals surface area contributed by atoms with E-state index in [1.807, 2.05) is 0 Å². The van der Waals surface area contributed by atoms with Gasteiger partial charge in [-0.1, -0.05) is 25.5 Å². The fourth-order valence-electron chi connectivity index (χ4n) is 4.02. The van der Waals surface area contributed by atoms with Crippen LogP contribution in [-0.4, -0.2) is 51.2 Å². The summed E-state index contributed by atoms with van der Waals surface area (Å²) in [6, 6.07) is 6.50. The van der Waals surface area contributed by atoms with Crippen LogP contribution in [0, 0.1) is 0 Å².